The van der Waals surface area contributed by atoms with Gasteiger partial charge >= 0.3 is 0 Å². The fourth-order valence-electron chi connectivity index (χ4n) is 2.81. The Bertz CT molecular complexity index is 516. The topological polar surface area (TPSA) is 66.6 Å². The standard InChI is InChI=1S/C17H25N3O2/c1-13(2)17(22)20-11-10-19(12-15(20)16(18)21)9-8-14-6-4-3-5-7-14/h3-7,13,15H,8-12H2,1-2H3,(H2,18,21). The van der Waals surface area contributed by atoms with E-state index in [2.05, 4.69) is 17.0 Å². The van der Waals surface area contributed by atoms with Crippen LogP contribution in [0.5, 0.6) is 0 Å². The van der Waals surface area contributed by atoms with E-state index in [1.807, 2.05) is 32.0 Å². The summed E-state index contributed by atoms with van der Waals surface area (Å²) in [7, 11) is 0. The molecule has 1 aliphatic heterocycles. The summed E-state index contributed by atoms with van der Waals surface area (Å²) >= 11 is 0. The molecule has 5 nitrogen and oxygen atoms in total. The highest BCUT2D eigenvalue weighted by Crippen LogP contribution is 2.14. The summed E-state index contributed by atoms with van der Waals surface area (Å²) in [4.78, 5) is 27.8. The molecule has 1 aromatic carbocycles. The van der Waals surface area contributed by atoms with E-state index in [0.29, 0.717) is 13.1 Å². The second-order valence-electron chi connectivity index (χ2n) is 6.14. The summed E-state index contributed by atoms with van der Waals surface area (Å²) in [6.45, 7) is 6.46. The van der Waals surface area contributed by atoms with Crippen molar-refractivity contribution in [3.05, 3.63) is 35.9 Å². The third-order valence-electron chi connectivity index (χ3n) is 4.13. The number of nitrogens with two attached hydrogens (primary N) is 1. The van der Waals surface area contributed by atoms with Crippen LogP contribution in [0.15, 0.2) is 30.3 Å². The zero-order valence-electron chi connectivity index (χ0n) is 13.4. The van der Waals surface area contributed by atoms with Gasteiger partial charge in [-0.25, -0.2) is 0 Å². The van der Waals surface area contributed by atoms with Crippen LogP contribution in [0.25, 0.3) is 0 Å². The van der Waals surface area contributed by atoms with Gasteiger partial charge in [-0.3, -0.25) is 14.5 Å². The first-order valence-electron chi connectivity index (χ1n) is 7.85. The molecule has 22 heavy (non-hydrogen) atoms. The lowest BCUT2D eigenvalue weighted by atomic mass is 10.1. The minimum absolute atomic E-state index is 0.00603. The van der Waals surface area contributed by atoms with E-state index in [9.17, 15) is 9.59 Å². The smallest absolute Gasteiger partial charge is 0.241 e. The van der Waals surface area contributed by atoms with Crippen LogP contribution in [0.2, 0.25) is 0 Å². The SMILES string of the molecule is CC(C)C(=O)N1CCN(CCc2ccccc2)CC1C(N)=O. The molecule has 1 heterocycles. The van der Waals surface area contributed by atoms with Crippen LogP contribution >= 0.6 is 0 Å². The van der Waals surface area contributed by atoms with Crippen LogP contribution in [0.4, 0.5) is 0 Å². The number of primary amides is 1. The Morgan fingerprint density at radius 3 is 2.50 bits per heavy atom. The lowest BCUT2D eigenvalue weighted by Crippen LogP contribution is -2.60. The van der Waals surface area contributed by atoms with E-state index >= 15 is 0 Å². The first-order valence-corrected chi connectivity index (χ1v) is 7.85. The van der Waals surface area contributed by atoms with Gasteiger partial charge in [0.25, 0.3) is 0 Å². The number of hydrogen-bond acceptors (Lipinski definition) is 3. The van der Waals surface area contributed by atoms with Crippen molar-refractivity contribution in [3.8, 4) is 0 Å². The van der Waals surface area contributed by atoms with E-state index in [4.69, 9.17) is 5.73 Å². The van der Waals surface area contributed by atoms with E-state index in [0.717, 1.165) is 19.5 Å². The maximum Gasteiger partial charge on any atom is 0.241 e. The van der Waals surface area contributed by atoms with E-state index < -0.39 is 11.9 Å². The van der Waals surface area contributed by atoms with Gasteiger partial charge in [0, 0.05) is 32.1 Å². The molecule has 0 bridgehead atoms. The molecule has 0 spiro atoms. The van der Waals surface area contributed by atoms with Crippen molar-refractivity contribution in [1.29, 1.82) is 0 Å². The third kappa shape index (κ3) is 4.07. The number of carbonyl (C=O) groups is 2. The zero-order valence-corrected chi connectivity index (χ0v) is 13.4. The van der Waals surface area contributed by atoms with Crippen molar-refractivity contribution < 1.29 is 9.59 Å². The van der Waals surface area contributed by atoms with Crippen LogP contribution in [0, 0.1) is 5.92 Å². The number of nitrogens with zero attached hydrogens (tertiary/aromatic N) is 2. The van der Waals surface area contributed by atoms with Crippen molar-refractivity contribution in [3.63, 3.8) is 0 Å². The Hall–Kier alpha value is -1.88. The Morgan fingerprint density at radius 1 is 1.23 bits per heavy atom. The Balaban J connectivity index is 1.95. The average molecular weight is 303 g/mol. The van der Waals surface area contributed by atoms with Gasteiger partial charge in [0.1, 0.15) is 6.04 Å². The van der Waals surface area contributed by atoms with Gasteiger partial charge in [-0.15, -0.1) is 0 Å². The Labute approximate surface area is 132 Å². The summed E-state index contributed by atoms with van der Waals surface area (Å²) < 4.78 is 0. The molecule has 0 aliphatic carbocycles. The largest absolute Gasteiger partial charge is 0.368 e. The molecule has 1 fully saturated rings. The number of rotatable bonds is 5. The number of carbonyl (C=O) groups excluding carboxylic acids is 2. The van der Waals surface area contributed by atoms with Gasteiger partial charge in [-0.1, -0.05) is 44.2 Å². The summed E-state index contributed by atoms with van der Waals surface area (Å²) in [5, 5.41) is 0. The average Bonchev–Trinajstić information content (AvgIpc) is 2.52. The molecule has 5 heteroatoms. The van der Waals surface area contributed by atoms with Crippen molar-refractivity contribution >= 4 is 11.8 Å². The molecule has 2 amide bonds. The second kappa shape index (κ2) is 7.40. The molecule has 1 aliphatic rings. The quantitative estimate of drug-likeness (QED) is 0.878. The van der Waals surface area contributed by atoms with Crippen molar-refractivity contribution in [2.24, 2.45) is 11.7 Å². The first kappa shape index (κ1) is 16.5. The van der Waals surface area contributed by atoms with Crippen LogP contribution in [0.1, 0.15) is 19.4 Å². The molecule has 120 valence electrons. The van der Waals surface area contributed by atoms with Gasteiger partial charge < -0.3 is 10.6 Å². The molecule has 0 saturated carbocycles. The molecule has 1 saturated heterocycles. The molecule has 0 aromatic heterocycles. The summed E-state index contributed by atoms with van der Waals surface area (Å²) in [6.07, 6.45) is 0.935. The molecule has 0 radical (unpaired) electrons. The van der Waals surface area contributed by atoms with Crippen LogP contribution < -0.4 is 5.73 Å². The van der Waals surface area contributed by atoms with Gasteiger partial charge in [0.15, 0.2) is 0 Å². The van der Waals surface area contributed by atoms with Crippen LogP contribution in [0.3, 0.4) is 0 Å². The minimum Gasteiger partial charge on any atom is -0.368 e. The van der Waals surface area contributed by atoms with Crippen LogP contribution in [-0.4, -0.2) is 53.8 Å². The highest BCUT2D eigenvalue weighted by atomic mass is 16.2. The van der Waals surface area contributed by atoms with Crippen molar-refractivity contribution in [2.45, 2.75) is 26.3 Å². The Kier molecular flexibility index (Phi) is 5.55. The van der Waals surface area contributed by atoms with Crippen molar-refractivity contribution in [1.82, 2.24) is 9.80 Å². The number of hydrogen-bond donors (Lipinski definition) is 1. The molecule has 1 aromatic rings. The summed E-state index contributed by atoms with van der Waals surface area (Å²) in [6, 6.07) is 9.75. The summed E-state index contributed by atoms with van der Waals surface area (Å²) in [5.74, 6) is -0.525. The fourth-order valence-corrected chi connectivity index (χ4v) is 2.81. The lowest BCUT2D eigenvalue weighted by molar-refractivity contribution is -0.145. The van der Waals surface area contributed by atoms with Gasteiger partial charge in [0.05, 0.1) is 0 Å². The Morgan fingerprint density at radius 2 is 1.91 bits per heavy atom. The predicted molar refractivity (Wildman–Crippen MR) is 86.1 cm³/mol. The van der Waals surface area contributed by atoms with E-state index in [1.165, 1.54) is 5.56 Å². The normalized spacial score (nSPS) is 19.4. The molecular formula is C17H25N3O2. The van der Waals surface area contributed by atoms with Gasteiger partial charge in [0.2, 0.25) is 11.8 Å². The molecule has 2 rings (SSSR count). The maximum absolute atomic E-state index is 12.2. The van der Waals surface area contributed by atoms with Gasteiger partial charge in [-0.05, 0) is 12.0 Å². The van der Waals surface area contributed by atoms with Crippen LogP contribution in [-0.2, 0) is 16.0 Å². The lowest BCUT2D eigenvalue weighted by Gasteiger charge is -2.40. The summed E-state index contributed by atoms with van der Waals surface area (Å²) in [5.41, 5.74) is 6.78. The number of amides is 2. The fraction of sp³-hybridized carbons (Fsp3) is 0.529. The zero-order chi connectivity index (χ0) is 16.1. The molecular weight excluding hydrogens is 278 g/mol. The maximum atomic E-state index is 12.2. The molecule has 1 atom stereocenters. The number of benzene rings is 1. The first-order chi connectivity index (χ1) is 10.5. The highest BCUT2D eigenvalue weighted by molar-refractivity contribution is 5.87. The third-order valence-corrected chi connectivity index (χ3v) is 4.13. The molecule has 1 unspecified atom stereocenters. The van der Waals surface area contributed by atoms with Gasteiger partial charge in [-0.2, -0.15) is 0 Å². The second-order valence-corrected chi connectivity index (χ2v) is 6.14. The predicted octanol–water partition coefficient (Wildman–Crippen LogP) is 0.883. The van der Waals surface area contributed by atoms with E-state index in [-0.39, 0.29) is 11.8 Å². The molecule has 2 N–H and O–H groups in total. The number of piperazine rings is 1. The van der Waals surface area contributed by atoms with Crippen molar-refractivity contribution in [2.75, 3.05) is 26.2 Å². The highest BCUT2D eigenvalue weighted by Gasteiger charge is 2.34. The minimum atomic E-state index is -0.514. The van der Waals surface area contributed by atoms with E-state index in [1.54, 1.807) is 4.90 Å². The monoisotopic (exact) mass is 303 g/mol.